The topological polar surface area (TPSA) is 136 Å². The lowest BCUT2D eigenvalue weighted by atomic mass is 9.78. The van der Waals surface area contributed by atoms with Crippen LogP contribution in [0, 0.1) is 15.5 Å². The number of methoxy groups -OCH3 is 2. The number of hydrogen-bond acceptors (Lipinski definition) is 8. The average molecular weight is 518 g/mol. The lowest BCUT2D eigenvalue weighted by Crippen LogP contribution is -2.44. The Morgan fingerprint density at radius 2 is 1.67 bits per heavy atom. The number of non-ortho nitro benzene ring substituents is 1. The number of carbonyl (C=O) groups excluding carboxylic acids is 2. The molecule has 0 radical (unpaired) electrons. The second kappa shape index (κ2) is 9.86. The normalized spacial score (nSPS) is 17.7. The number of esters is 1. The molecule has 2 fully saturated rings. The van der Waals surface area contributed by atoms with Crippen molar-refractivity contribution >= 4 is 27.6 Å². The predicted octanol–water partition coefficient (Wildman–Crippen LogP) is 2.71. The van der Waals surface area contributed by atoms with E-state index in [-0.39, 0.29) is 27.1 Å². The summed E-state index contributed by atoms with van der Waals surface area (Å²) in [5, 5.41) is 11.3. The first-order valence-electron chi connectivity index (χ1n) is 11.4. The van der Waals surface area contributed by atoms with Gasteiger partial charge in [0.25, 0.3) is 11.6 Å². The van der Waals surface area contributed by atoms with Gasteiger partial charge in [0.05, 0.1) is 29.6 Å². The van der Waals surface area contributed by atoms with Gasteiger partial charge in [0, 0.05) is 49.9 Å². The molecule has 0 aromatic heterocycles. The fraction of sp³-hybridized carbons (Fsp3) is 0.417. The van der Waals surface area contributed by atoms with E-state index < -0.39 is 26.8 Å². The van der Waals surface area contributed by atoms with Crippen molar-refractivity contribution in [2.75, 3.05) is 40.4 Å². The molecule has 4 rings (SSSR count). The molecule has 12 heteroatoms. The zero-order valence-electron chi connectivity index (χ0n) is 20.0. The molecule has 36 heavy (non-hydrogen) atoms. The SMILES string of the molecule is COC(=O)c1cc(C(=O)N2CCC3(CCN(S(=O)(=O)c4cccc(OC)c4)CC3)C2)cc([N+](=O)[O-])c1. The summed E-state index contributed by atoms with van der Waals surface area (Å²) >= 11 is 0. The fourth-order valence-corrected chi connectivity index (χ4v) is 6.36. The van der Waals surface area contributed by atoms with Gasteiger partial charge in [-0.05, 0) is 42.9 Å². The minimum absolute atomic E-state index is 0.0414. The van der Waals surface area contributed by atoms with Crippen LogP contribution in [0.15, 0.2) is 47.4 Å². The van der Waals surface area contributed by atoms with Gasteiger partial charge in [0.1, 0.15) is 5.75 Å². The quantitative estimate of drug-likeness (QED) is 0.324. The number of piperidine rings is 1. The molecule has 2 saturated heterocycles. The van der Waals surface area contributed by atoms with Gasteiger partial charge in [-0.2, -0.15) is 4.31 Å². The van der Waals surface area contributed by atoms with Crippen molar-refractivity contribution in [2.24, 2.45) is 5.41 Å². The number of nitro benzene ring substituents is 1. The van der Waals surface area contributed by atoms with Gasteiger partial charge >= 0.3 is 5.97 Å². The van der Waals surface area contributed by atoms with Crippen LogP contribution in [0.2, 0.25) is 0 Å². The van der Waals surface area contributed by atoms with Crippen LogP contribution in [0.1, 0.15) is 40.0 Å². The maximum atomic E-state index is 13.2. The number of nitro groups is 1. The summed E-state index contributed by atoms with van der Waals surface area (Å²) in [5.74, 6) is -0.714. The molecule has 2 aliphatic rings. The Bertz CT molecular complexity index is 1300. The summed E-state index contributed by atoms with van der Waals surface area (Å²) in [4.78, 5) is 37.6. The Morgan fingerprint density at radius 1 is 1.00 bits per heavy atom. The average Bonchev–Trinajstić information content (AvgIpc) is 3.30. The standard InChI is InChI=1S/C24H27N3O8S/c1-34-20-4-3-5-21(15-20)36(32,33)26-10-7-24(8-11-26)6-9-25(16-24)22(28)17-12-18(23(29)35-2)14-19(13-17)27(30)31/h3-5,12-15H,6-11,16H2,1-2H3. The number of likely N-dealkylation sites (tertiary alicyclic amines) is 1. The Labute approximate surface area is 208 Å². The van der Waals surface area contributed by atoms with Crippen LogP contribution in [0.5, 0.6) is 5.75 Å². The predicted molar refractivity (Wildman–Crippen MR) is 128 cm³/mol. The second-order valence-electron chi connectivity index (χ2n) is 9.08. The first-order valence-corrected chi connectivity index (χ1v) is 12.8. The first-order chi connectivity index (χ1) is 17.1. The van der Waals surface area contributed by atoms with E-state index in [4.69, 9.17) is 4.74 Å². The van der Waals surface area contributed by atoms with Crippen LogP contribution in [0.3, 0.4) is 0 Å². The highest BCUT2D eigenvalue weighted by molar-refractivity contribution is 7.89. The maximum Gasteiger partial charge on any atom is 0.338 e. The van der Waals surface area contributed by atoms with Crippen LogP contribution in [0.25, 0.3) is 0 Å². The third-order valence-corrected chi connectivity index (χ3v) is 8.88. The largest absolute Gasteiger partial charge is 0.497 e. The summed E-state index contributed by atoms with van der Waals surface area (Å²) in [5.41, 5.74) is -0.631. The third-order valence-electron chi connectivity index (χ3n) is 6.98. The smallest absolute Gasteiger partial charge is 0.338 e. The van der Waals surface area contributed by atoms with Gasteiger partial charge in [-0.1, -0.05) is 6.07 Å². The molecule has 0 saturated carbocycles. The van der Waals surface area contributed by atoms with Crippen LogP contribution in [-0.4, -0.2) is 74.8 Å². The van der Waals surface area contributed by atoms with Gasteiger partial charge in [-0.25, -0.2) is 13.2 Å². The van der Waals surface area contributed by atoms with Gasteiger partial charge in [0.15, 0.2) is 0 Å². The van der Waals surface area contributed by atoms with Gasteiger partial charge in [-0.15, -0.1) is 0 Å². The lowest BCUT2D eigenvalue weighted by molar-refractivity contribution is -0.384. The van der Waals surface area contributed by atoms with Gasteiger partial charge in [-0.3, -0.25) is 14.9 Å². The van der Waals surface area contributed by atoms with Crippen molar-refractivity contribution in [1.82, 2.24) is 9.21 Å². The summed E-state index contributed by atoms with van der Waals surface area (Å²) < 4.78 is 37.5. The van der Waals surface area contributed by atoms with Crippen LogP contribution in [-0.2, 0) is 14.8 Å². The van der Waals surface area contributed by atoms with Crippen molar-refractivity contribution in [2.45, 2.75) is 24.2 Å². The number of rotatable bonds is 6. The molecule has 1 spiro atoms. The Hall–Kier alpha value is -3.51. The molecule has 2 aromatic carbocycles. The van der Waals surface area contributed by atoms with E-state index in [1.807, 2.05) is 0 Å². The summed E-state index contributed by atoms with van der Waals surface area (Å²) in [7, 11) is -1.04. The van der Waals surface area contributed by atoms with E-state index >= 15 is 0 Å². The van der Waals surface area contributed by atoms with E-state index in [2.05, 4.69) is 4.74 Å². The molecule has 0 bridgehead atoms. The Balaban J connectivity index is 1.47. The van der Waals surface area contributed by atoms with Crippen molar-refractivity contribution in [1.29, 1.82) is 0 Å². The number of sulfonamides is 1. The van der Waals surface area contributed by atoms with E-state index in [0.29, 0.717) is 51.2 Å². The molecule has 192 valence electrons. The number of benzene rings is 2. The summed E-state index contributed by atoms with van der Waals surface area (Å²) in [6, 6.07) is 9.89. The van der Waals surface area contributed by atoms with Crippen LogP contribution < -0.4 is 4.74 Å². The number of ether oxygens (including phenoxy) is 2. The van der Waals surface area contributed by atoms with Crippen molar-refractivity contribution < 1.29 is 32.4 Å². The second-order valence-corrected chi connectivity index (χ2v) is 11.0. The first kappa shape index (κ1) is 25.6. The van der Waals surface area contributed by atoms with Gasteiger partial charge in [0.2, 0.25) is 10.0 Å². The van der Waals surface area contributed by atoms with Crippen LogP contribution in [0.4, 0.5) is 5.69 Å². The molecule has 2 aromatic rings. The van der Waals surface area contributed by atoms with E-state index in [9.17, 15) is 28.1 Å². The molecule has 2 heterocycles. The third kappa shape index (κ3) is 4.91. The molecule has 0 unspecified atom stereocenters. The van der Waals surface area contributed by atoms with Crippen LogP contribution >= 0.6 is 0 Å². The molecule has 1 amide bonds. The monoisotopic (exact) mass is 517 g/mol. The maximum absolute atomic E-state index is 13.2. The number of amides is 1. The zero-order chi connectivity index (χ0) is 26.1. The van der Waals surface area contributed by atoms with Gasteiger partial charge < -0.3 is 14.4 Å². The minimum atomic E-state index is -3.68. The minimum Gasteiger partial charge on any atom is -0.497 e. The molecular weight excluding hydrogens is 490 g/mol. The van der Waals surface area contributed by atoms with Crippen molar-refractivity contribution in [3.8, 4) is 5.75 Å². The molecule has 2 aliphatic heterocycles. The zero-order valence-corrected chi connectivity index (χ0v) is 20.8. The Morgan fingerprint density at radius 3 is 2.31 bits per heavy atom. The summed E-state index contributed by atoms with van der Waals surface area (Å²) in [6.45, 7) is 1.50. The van der Waals surface area contributed by atoms with E-state index in [0.717, 1.165) is 19.2 Å². The number of hydrogen-bond donors (Lipinski definition) is 0. The van der Waals surface area contributed by atoms with Crippen molar-refractivity contribution in [3.05, 3.63) is 63.7 Å². The molecular formula is C24H27N3O8S. The molecule has 0 aliphatic carbocycles. The van der Waals surface area contributed by atoms with E-state index in [1.54, 1.807) is 23.1 Å². The van der Waals surface area contributed by atoms with E-state index in [1.165, 1.54) is 23.5 Å². The summed E-state index contributed by atoms with van der Waals surface area (Å²) in [6.07, 6.45) is 1.87. The highest BCUT2D eigenvalue weighted by Crippen LogP contribution is 2.42. The Kier molecular flexibility index (Phi) is 7.01. The number of carbonyl (C=O) groups is 2. The highest BCUT2D eigenvalue weighted by Gasteiger charge is 2.44. The molecule has 0 atom stereocenters. The van der Waals surface area contributed by atoms with Crippen molar-refractivity contribution in [3.63, 3.8) is 0 Å². The molecule has 11 nitrogen and oxygen atoms in total. The lowest BCUT2D eigenvalue weighted by Gasteiger charge is -2.38. The molecule has 0 N–H and O–H groups in total. The number of nitrogens with zero attached hydrogens (tertiary/aromatic N) is 3. The fourth-order valence-electron chi connectivity index (χ4n) is 4.89. The highest BCUT2D eigenvalue weighted by atomic mass is 32.2.